The molecule has 2 aromatic carbocycles. The van der Waals surface area contributed by atoms with Gasteiger partial charge in [0.15, 0.2) is 0 Å². The number of benzene rings is 2. The second kappa shape index (κ2) is 8.75. The summed E-state index contributed by atoms with van der Waals surface area (Å²) in [4.78, 5) is 23.5. The van der Waals surface area contributed by atoms with Crippen molar-refractivity contribution in [1.29, 1.82) is 0 Å². The van der Waals surface area contributed by atoms with E-state index in [0.717, 1.165) is 11.1 Å². The van der Waals surface area contributed by atoms with E-state index in [1.165, 1.54) is 6.21 Å². The van der Waals surface area contributed by atoms with E-state index in [9.17, 15) is 9.59 Å². The maximum Gasteiger partial charge on any atom is 0.249 e. The minimum absolute atomic E-state index is 0.0126. The van der Waals surface area contributed by atoms with Gasteiger partial charge < -0.3 is 4.74 Å². The number of carbonyl (C=O) groups excluding carboxylic acids is 2. The summed E-state index contributed by atoms with van der Waals surface area (Å²) < 4.78 is 5.77. The van der Waals surface area contributed by atoms with Gasteiger partial charge in [0.1, 0.15) is 12.4 Å². The van der Waals surface area contributed by atoms with Crippen molar-refractivity contribution in [3.8, 4) is 5.75 Å². The molecule has 1 atom stereocenters. The third-order valence-electron chi connectivity index (χ3n) is 4.06. The number of hydrogen-bond acceptors (Lipinski definition) is 5. The molecule has 2 N–H and O–H groups in total. The van der Waals surface area contributed by atoms with Crippen molar-refractivity contribution in [2.24, 2.45) is 16.1 Å². The summed E-state index contributed by atoms with van der Waals surface area (Å²) in [6.45, 7) is 2.18. The van der Waals surface area contributed by atoms with Crippen molar-refractivity contribution in [2.75, 3.05) is 0 Å². The first-order valence-electron chi connectivity index (χ1n) is 8.54. The molecule has 27 heavy (non-hydrogen) atoms. The van der Waals surface area contributed by atoms with E-state index in [0.29, 0.717) is 18.1 Å². The highest BCUT2D eigenvalue weighted by Gasteiger charge is 2.28. The minimum atomic E-state index is -0.532. The summed E-state index contributed by atoms with van der Waals surface area (Å²) in [5, 5.41) is 7.75. The molecular formula is C20H20N4O3. The van der Waals surface area contributed by atoms with E-state index in [4.69, 9.17) is 4.74 Å². The molecule has 0 saturated heterocycles. The normalized spacial score (nSPS) is 16.1. The summed E-state index contributed by atoms with van der Waals surface area (Å²) >= 11 is 0. The first kappa shape index (κ1) is 18.3. The van der Waals surface area contributed by atoms with Crippen LogP contribution in [0, 0.1) is 5.92 Å². The van der Waals surface area contributed by atoms with Crippen LogP contribution < -0.4 is 15.6 Å². The topological polar surface area (TPSA) is 92.2 Å². The van der Waals surface area contributed by atoms with E-state index in [1.54, 1.807) is 6.92 Å². The van der Waals surface area contributed by atoms with Gasteiger partial charge in [0.2, 0.25) is 11.8 Å². The van der Waals surface area contributed by atoms with Gasteiger partial charge in [-0.1, -0.05) is 42.5 Å². The average Bonchev–Trinajstić information content (AvgIpc) is 2.99. The molecule has 0 radical (unpaired) electrons. The second-order valence-electron chi connectivity index (χ2n) is 6.13. The Hall–Kier alpha value is -3.48. The van der Waals surface area contributed by atoms with Gasteiger partial charge in [0.05, 0.1) is 12.1 Å². The SMILES string of the molecule is CC1=NNC(=O)[C@@H]1CC(=O)N/N=C\c1cccc(OCc2ccccc2)c1. The third kappa shape index (κ3) is 5.24. The molecule has 2 amide bonds. The first-order valence-corrected chi connectivity index (χ1v) is 8.54. The van der Waals surface area contributed by atoms with E-state index in [2.05, 4.69) is 21.1 Å². The lowest BCUT2D eigenvalue weighted by atomic mass is 10.0. The molecule has 1 heterocycles. The Labute approximate surface area is 157 Å². The number of nitrogens with one attached hydrogen (secondary N) is 2. The highest BCUT2D eigenvalue weighted by atomic mass is 16.5. The molecule has 0 aromatic heterocycles. The summed E-state index contributed by atoms with van der Waals surface area (Å²) in [5.74, 6) is -0.437. The molecule has 0 saturated carbocycles. The number of nitrogens with zero attached hydrogens (tertiary/aromatic N) is 2. The van der Waals surface area contributed by atoms with Gasteiger partial charge in [-0.2, -0.15) is 10.2 Å². The van der Waals surface area contributed by atoms with Gasteiger partial charge in [-0.15, -0.1) is 0 Å². The monoisotopic (exact) mass is 364 g/mol. The second-order valence-corrected chi connectivity index (χ2v) is 6.13. The Morgan fingerprint density at radius 1 is 1.26 bits per heavy atom. The molecule has 1 aliphatic rings. The average molecular weight is 364 g/mol. The lowest BCUT2D eigenvalue weighted by Crippen LogP contribution is -2.29. The molecule has 0 spiro atoms. The van der Waals surface area contributed by atoms with Crippen LogP contribution >= 0.6 is 0 Å². The predicted octanol–water partition coefficient (Wildman–Crippen LogP) is 2.23. The van der Waals surface area contributed by atoms with Crippen molar-refractivity contribution in [1.82, 2.24) is 10.9 Å². The smallest absolute Gasteiger partial charge is 0.249 e. The zero-order valence-corrected chi connectivity index (χ0v) is 14.9. The standard InChI is InChI=1S/C20H20N4O3/c1-14-18(20(26)24-22-14)11-19(25)23-21-12-16-8-5-9-17(10-16)27-13-15-6-3-2-4-7-15/h2-10,12,18H,11,13H2,1H3,(H,23,25)(H,24,26)/b21-12-/t18-/m1/s1. The molecule has 0 aliphatic carbocycles. The molecule has 0 unspecified atom stereocenters. The lowest BCUT2D eigenvalue weighted by Gasteiger charge is -2.07. The molecule has 7 nitrogen and oxygen atoms in total. The Morgan fingerprint density at radius 2 is 2.07 bits per heavy atom. The highest BCUT2D eigenvalue weighted by molar-refractivity contribution is 6.09. The van der Waals surface area contributed by atoms with Gasteiger partial charge in [0.25, 0.3) is 0 Å². The fourth-order valence-corrected chi connectivity index (χ4v) is 2.56. The van der Waals surface area contributed by atoms with Gasteiger partial charge in [-0.25, -0.2) is 10.9 Å². The van der Waals surface area contributed by atoms with Crippen molar-refractivity contribution < 1.29 is 14.3 Å². The number of hydrazone groups is 2. The van der Waals surface area contributed by atoms with E-state index >= 15 is 0 Å². The molecule has 0 bridgehead atoms. The van der Waals surface area contributed by atoms with Crippen molar-refractivity contribution >= 4 is 23.7 Å². The zero-order valence-electron chi connectivity index (χ0n) is 14.9. The molecular weight excluding hydrogens is 344 g/mol. The molecule has 138 valence electrons. The summed E-state index contributed by atoms with van der Waals surface area (Å²) in [6, 6.07) is 17.3. The van der Waals surface area contributed by atoms with Crippen molar-refractivity contribution in [3.63, 3.8) is 0 Å². The van der Waals surface area contributed by atoms with Crippen molar-refractivity contribution in [3.05, 3.63) is 65.7 Å². The molecule has 7 heteroatoms. The van der Waals surface area contributed by atoms with Crippen LogP contribution in [0.25, 0.3) is 0 Å². The van der Waals surface area contributed by atoms with Crippen LogP contribution in [0.3, 0.4) is 0 Å². The highest BCUT2D eigenvalue weighted by Crippen LogP contribution is 2.14. The summed E-state index contributed by atoms with van der Waals surface area (Å²) in [7, 11) is 0. The predicted molar refractivity (Wildman–Crippen MR) is 102 cm³/mol. The summed E-state index contributed by atoms with van der Waals surface area (Å²) in [6.07, 6.45) is 1.54. The maximum absolute atomic E-state index is 11.9. The van der Waals surface area contributed by atoms with Gasteiger partial charge in [0, 0.05) is 12.1 Å². The first-order chi connectivity index (χ1) is 13.1. The molecule has 3 rings (SSSR count). The Bertz CT molecular complexity index is 878. The Kier molecular flexibility index (Phi) is 5.94. The van der Waals surface area contributed by atoms with E-state index < -0.39 is 5.92 Å². The van der Waals surface area contributed by atoms with E-state index in [1.807, 2.05) is 54.6 Å². The zero-order chi connectivity index (χ0) is 19.1. The van der Waals surface area contributed by atoms with Gasteiger partial charge in [-0.05, 0) is 30.2 Å². The van der Waals surface area contributed by atoms with Crippen LogP contribution in [0.1, 0.15) is 24.5 Å². The van der Waals surface area contributed by atoms with Crippen LogP contribution in [0.4, 0.5) is 0 Å². The van der Waals surface area contributed by atoms with Gasteiger partial charge >= 0.3 is 0 Å². The Morgan fingerprint density at radius 3 is 2.81 bits per heavy atom. The van der Waals surface area contributed by atoms with E-state index in [-0.39, 0.29) is 18.2 Å². The number of hydrogen-bond donors (Lipinski definition) is 2. The van der Waals surface area contributed by atoms with Crippen LogP contribution in [0.5, 0.6) is 5.75 Å². The fraction of sp³-hybridized carbons (Fsp3) is 0.200. The Balaban J connectivity index is 1.50. The minimum Gasteiger partial charge on any atom is -0.489 e. The number of ether oxygens (including phenoxy) is 1. The fourth-order valence-electron chi connectivity index (χ4n) is 2.56. The number of amides is 2. The van der Waals surface area contributed by atoms with Crippen molar-refractivity contribution in [2.45, 2.75) is 20.0 Å². The molecule has 1 aliphatic heterocycles. The number of carbonyl (C=O) groups is 2. The maximum atomic E-state index is 11.9. The largest absolute Gasteiger partial charge is 0.489 e. The quantitative estimate of drug-likeness (QED) is 0.583. The number of rotatable bonds is 7. The van der Waals surface area contributed by atoms with Crippen LogP contribution in [0.2, 0.25) is 0 Å². The molecule has 0 fully saturated rings. The van der Waals surface area contributed by atoms with Crippen LogP contribution in [0.15, 0.2) is 64.8 Å². The summed E-state index contributed by atoms with van der Waals surface area (Å²) in [5.41, 5.74) is 7.26. The lowest BCUT2D eigenvalue weighted by molar-refractivity contribution is -0.127. The van der Waals surface area contributed by atoms with Gasteiger partial charge in [-0.3, -0.25) is 9.59 Å². The molecule has 2 aromatic rings. The third-order valence-corrected chi connectivity index (χ3v) is 4.06. The van der Waals surface area contributed by atoms with Crippen LogP contribution in [-0.2, 0) is 16.2 Å². The van der Waals surface area contributed by atoms with Crippen LogP contribution in [-0.4, -0.2) is 23.7 Å².